The molecule has 2 N–H and O–H groups in total. The topological polar surface area (TPSA) is 36.4 Å². The van der Waals surface area contributed by atoms with Crippen molar-refractivity contribution < 1.29 is 13.2 Å². The highest BCUT2D eigenvalue weighted by atomic mass is 19.4. The maximum atomic E-state index is 12.0. The Labute approximate surface area is 114 Å². The SMILES string of the molecule is CN=C(NCCC(F)(F)F)NC(C)CCCC(C)C. The molecule has 0 aliphatic heterocycles. The van der Waals surface area contributed by atoms with Crippen LogP contribution in [0.3, 0.4) is 0 Å². The minimum atomic E-state index is -4.13. The van der Waals surface area contributed by atoms with Gasteiger partial charge < -0.3 is 10.6 Å². The molecule has 19 heavy (non-hydrogen) atoms. The van der Waals surface area contributed by atoms with Crippen molar-refractivity contribution in [3.8, 4) is 0 Å². The molecule has 0 radical (unpaired) electrons. The van der Waals surface area contributed by atoms with Crippen LogP contribution in [0.5, 0.6) is 0 Å². The number of nitrogens with zero attached hydrogens (tertiary/aromatic N) is 1. The number of alkyl halides is 3. The summed E-state index contributed by atoms with van der Waals surface area (Å²) in [6.45, 7) is 6.21. The maximum absolute atomic E-state index is 12.0. The van der Waals surface area contributed by atoms with Gasteiger partial charge in [-0.15, -0.1) is 0 Å². The summed E-state index contributed by atoms with van der Waals surface area (Å²) in [5, 5.41) is 5.77. The fourth-order valence-corrected chi connectivity index (χ4v) is 1.66. The van der Waals surface area contributed by atoms with E-state index in [9.17, 15) is 13.2 Å². The highest BCUT2D eigenvalue weighted by molar-refractivity contribution is 5.79. The Bertz CT molecular complexity index is 262. The number of aliphatic imine (C=N–C) groups is 1. The van der Waals surface area contributed by atoms with Gasteiger partial charge in [0, 0.05) is 19.6 Å². The lowest BCUT2D eigenvalue weighted by Crippen LogP contribution is -2.43. The predicted molar refractivity (Wildman–Crippen MR) is 73.3 cm³/mol. The fraction of sp³-hybridized carbons (Fsp3) is 0.923. The second-order valence-electron chi connectivity index (χ2n) is 5.23. The molecule has 0 aliphatic rings. The van der Waals surface area contributed by atoms with E-state index in [1.165, 1.54) is 0 Å². The third-order valence-electron chi connectivity index (χ3n) is 2.73. The highest BCUT2D eigenvalue weighted by Gasteiger charge is 2.26. The van der Waals surface area contributed by atoms with Gasteiger partial charge in [0.1, 0.15) is 0 Å². The molecule has 0 fully saturated rings. The predicted octanol–water partition coefficient (Wildman–Crippen LogP) is 3.32. The molecule has 0 amide bonds. The summed E-state index contributed by atoms with van der Waals surface area (Å²) in [6.07, 6.45) is -1.74. The summed E-state index contributed by atoms with van der Waals surface area (Å²) in [5.41, 5.74) is 0. The highest BCUT2D eigenvalue weighted by Crippen LogP contribution is 2.18. The quantitative estimate of drug-likeness (QED) is 0.555. The molecule has 0 aromatic carbocycles. The molecule has 0 saturated carbocycles. The van der Waals surface area contributed by atoms with E-state index in [1.54, 1.807) is 7.05 Å². The van der Waals surface area contributed by atoms with E-state index in [0.717, 1.165) is 19.3 Å². The molecule has 6 heteroatoms. The Kier molecular flexibility index (Phi) is 8.59. The Morgan fingerprint density at radius 3 is 2.26 bits per heavy atom. The number of hydrogen-bond donors (Lipinski definition) is 2. The first-order chi connectivity index (χ1) is 8.74. The van der Waals surface area contributed by atoms with Gasteiger partial charge in [-0.25, -0.2) is 0 Å². The average Bonchev–Trinajstić information content (AvgIpc) is 2.25. The largest absolute Gasteiger partial charge is 0.390 e. The zero-order chi connectivity index (χ0) is 14.9. The summed E-state index contributed by atoms with van der Waals surface area (Å²) in [4.78, 5) is 3.92. The maximum Gasteiger partial charge on any atom is 0.390 e. The molecular formula is C13H26F3N3. The van der Waals surface area contributed by atoms with Crippen LogP contribution >= 0.6 is 0 Å². The van der Waals surface area contributed by atoms with Crippen LogP contribution in [0.4, 0.5) is 13.2 Å². The molecule has 0 heterocycles. The van der Waals surface area contributed by atoms with Crippen molar-refractivity contribution in [1.29, 1.82) is 0 Å². The third kappa shape index (κ3) is 11.9. The molecule has 0 spiro atoms. The fourth-order valence-electron chi connectivity index (χ4n) is 1.66. The Morgan fingerprint density at radius 1 is 1.16 bits per heavy atom. The van der Waals surface area contributed by atoms with E-state index >= 15 is 0 Å². The standard InChI is InChI=1S/C13H26F3N3/c1-10(2)6-5-7-11(3)19-12(17-4)18-9-8-13(14,15)16/h10-11H,5-9H2,1-4H3,(H2,17,18,19). The van der Waals surface area contributed by atoms with Gasteiger partial charge in [-0.3, -0.25) is 4.99 Å². The molecule has 114 valence electrons. The molecule has 1 atom stereocenters. The number of guanidine groups is 1. The zero-order valence-corrected chi connectivity index (χ0v) is 12.3. The van der Waals surface area contributed by atoms with Gasteiger partial charge in [0.2, 0.25) is 0 Å². The van der Waals surface area contributed by atoms with Crippen LogP contribution in [0.2, 0.25) is 0 Å². The lowest BCUT2D eigenvalue weighted by molar-refractivity contribution is -0.132. The van der Waals surface area contributed by atoms with E-state index < -0.39 is 12.6 Å². The van der Waals surface area contributed by atoms with Gasteiger partial charge >= 0.3 is 6.18 Å². The van der Waals surface area contributed by atoms with Crippen molar-refractivity contribution in [3.63, 3.8) is 0 Å². The molecule has 0 rings (SSSR count). The summed E-state index contributed by atoms with van der Waals surface area (Å²) < 4.78 is 36.0. The number of hydrogen-bond acceptors (Lipinski definition) is 1. The number of rotatable bonds is 7. The number of nitrogens with one attached hydrogen (secondary N) is 2. The lowest BCUT2D eigenvalue weighted by atomic mass is 10.0. The summed E-state index contributed by atoms with van der Waals surface area (Å²) in [7, 11) is 1.56. The smallest absolute Gasteiger partial charge is 0.356 e. The first-order valence-electron chi connectivity index (χ1n) is 6.78. The van der Waals surface area contributed by atoms with Crippen LogP contribution in [0.25, 0.3) is 0 Å². The normalized spacial score (nSPS) is 14.6. The second-order valence-corrected chi connectivity index (χ2v) is 5.23. The van der Waals surface area contributed by atoms with Crippen LogP contribution in [-0.2, 0) is 0 Å². The third-order valence-corrected chi connectivity index (χ3v) is 2.73. The van der Waals surface area contributed by atoms with Crippen LogP contribution in [0, 0.1) is 5.92 Å². The molecule has 0 saturated heterocycles. The molecule has 1 unspecified atom stereocenters. The second kappa shape index (κ2) is 9.04. The number of halogens is 3. The van der Waals surface area contributed by atoms with Gasteiger partial charge in [-0.05, 0) is 19.3 Å². The molecule has 0 bridgehead atoms. The van der Waals surface area contributed by atoms with Gasteiger partial charge in [-0.1, -0.05) is 26.7 Å². The van der Waals surface area contributed by atoms with Crippen molar-refractivity contribution in [3.05, 3.63) is 0 Å². The van der Waals surface area contributed by atoms with Crippen LogP contribution < -0.4 is 10.6 Å². The van der Waals surface area contributed by atoms with Gasteiger partial charge in [0.05, 0.1) is 6.42 Å². The summed E-state index contributed by atoms with van der Waals surface area (Å²) in [5.74, 6) is 1.11. The van der Waals surface area contributed by atoms with Crippen LogP contribution in [-0.4, -0.2) is 31.8 Å². The van der Waals surface area contributed by atoms with Crippen molar-refractivity contribution >= 4 is 5.96 Å². The van der Waals surface area contributed by atoms with E-state index in [4.69, 9.17) is 0 Å². The zero-order valence-electron chi connectivity index (χ0n) is 12.3. The van der Waals surface area contributed by atoms with E-state index in [1.807, 2.05) is 6.92 Å². The first-order valence-corrected chi connectivity index (χ1v) is 6.78. The van der Waals surface area contributed by atoms with Crippen molar-refractivity contribution in [1.82, 2.24) is 10.6 Å². The van der Waals surface area contributed by atoms with Crippen LogP contribution in [0.15, 0.2) is 4.99 Å². The molecule has 0 aromatic rings. The van der Waals surface area contributed by atoms with Gasteiger partial charge in [-0.2, -0.15) is 13.2 Å². The monoisotopic (exact) mass is 281 g/mol. The van der Waals surface area contributed by atoms with Crippen molar-refractivity contribution in [2.24, 2.45) is 10.9 Å². The molecular weight excluding hydrogens is 255 g/mol. The Hall–Kier alpha value is -0.940. The van der Waals surface area contributed by atoms with Gasteiger partial charge in [0.15, 0.2) is 5.96 Å². The van der Waals surface area contributed by atoms with Crippen molar-refractivity contribution in [2.75, 3.05) is 13.6 Å². The average molecular weight is 281 g/mol. The molecule has 3 nitrogen and oxygen atoms in total. The van der Waals surface area contributed by atoms with E-state index in [2.05, 4.69) is 29.5 Å². The van der Waals surface area contributed by atoms with E-state index in [-0.39, 0.29) is 12.6 Å². The molecule has 0 aromatic heterocycles. The van der Waals surface area contributed by atoms with E-state index in [0.29, 0.717) is 11.9 Å². The van der Waals surface area contributed by atoms with Crippen molar-refractivity contribution in [2.45, 2.75) is 58.7 Å². The summed E-state index contributed by atoms with van der Waals surface area (Å²) in [6, 6.07) is 0.204. The summed E-state index contributed by atoms with van der Waals surface area (Å²) >= 11 is 0. The lowest BCUT2D eigenvalue weighted by Gasteiger charge is -2.18. The first kappa shape index (κ1) is 18.1. The Morgan fingerprint density at radius 2 is 1.79 bits per heavy atom. The minimum Gasteiger partial charge on any atom is -0.356 e. The Balaban J connectivity index is 3.86. The van der Waals surface area contributed by atoms with Gasteiger partial charge in [0.25, 0.3) is 0 Å². The van der Waals surface area contributed by atoms with Crippen LogP contribution in [0.1, 0.15) is 46.5 Å². The minimum absolute atomic E-state index is 0.151. The molecule has 0 aliphatic carbocycles.